The van der Waals surface area contributed by atoms with E-state index in [1.54, 1.807) is 0 Å². The summed E-state index contributed by atoms with van der Waals surface area (Å²) in [7, 11) is -8.36. The number of nitrogen functional groups attached to an aromatic ring is 1. The molecule has 0 aliphatic carbocycles. The van der Waals surface area contributed by atoms with Crippen molar-refractivity contribution >= 4 is 54.6 Å². The number of nitrogens with two attached hydrogens (primary N) is 3. The van der Waals surface area contributed by atoms with E-state index < -0.39 is 51.9 Å². The summed E-state index contributed by atoms with van der Waals surface area (Å²) < 4.78 is 43.7. The van der Waals surface area contributed by atoms with Crippen LogP contribution in [0.5, 0.6) is 11.5 Å². The molecule has 154 valence electrons. The van der Waals surface area contributed by atoms with Gasteiger partial charge in [-0.05, 0) is 18.2 Å². The number of halogens is 2. The third-order valence-electron chi connectivity index (χ3n) is 2.94. The second-order valence-electron chi connectivity index (χ2n) is 4.91. The van der Waals surface area contributed by atoms with Gasteiger partial charge in [0.25, 0.3) is 0 Å². The van der Waals surface area contributed by atoms with Gasteiger partial charge in [0.15, 0.2) is 5.75 Å². The number of nitrogens with zero attached hydrogens (tertiary/aromatic N) is 1. The number of hydrogen-bond donors (Lipinski definition) is 5. The number of aromatic hydroxyl groups is 2. The van der Waals surface area contributed by atoms with Gasteiger partial charge >= 0.3 is 5.69 Å². The number of primary sulfonamides is 2. The first-order valence-corrected chi connectivity index (χ1v) is 10.4. The van der Waals surface area contributed by atoms with Gasteiger partial charge in [-0.3, -0.25) is 10.1 Å². The molecule has 0 saturated heterocycles. The van der Waals surface area contributed by atoms with E-state index in [1.165, 1.54) is 12.1 Å². The van der Waals surface area contributed by atoms with Crippen LogP contribution in [-0.4, -0.2) is 32.0 Å². The van der Waals surface area contributed by atoms with Crippen molar-refractivity contribution in [3.8, 4) is 11.5 Å². The van der Waals surface area contributed by atoms with Crippen molar-refractivity contribution in [2.45, 2.75) is 9.79 Å². The number of phenolic OH excluding ortho intramolecular Hbond substituents is 2. The lowest BCUT2D eigenvalue weighted by Crippen LogP contribution is -2.13. The molecule has 0 aliphatic rings. The number of benzene rings is 2. The molecule has 8 N–H and O–H groups in total. The zero-order chi connectivity index (χ0) is 22.0. The van der Waals surface area contributed by atoms with Crippen LogP contribution in [0.2, 0.25) is 10.0 Å². The van der Waals surface area contributed by atoms with E-state index >= 15 is 0 Å². The van der Waals surface area contributed by atoms with Gasteiger partial charge in [-0.2, -0.15) is 0 Å². The molecule has 0 amide bonds. The highest BCUT2D eigenvalue weighted by atomic mass is 35.5. The highest BCUT2D eigenvalue weighted by Crippen LogP contribution is 2.37. The van der Waals surface area contributed by atoms with Gasteiger partial charge in [-0.25, -0.2) is 27.1 Å². The maximum Gasteiger partial charge on any atom is 0.312 e. The van der Waals surface area contributed by atoms with E-state index in [0.717, 1.165) is 12.1 Å². The number of nitro groups is 1. The van der Waals surface area contributed by atoms with E-state index in [4.69, 9.17) is 39.2 Å². The minimum absolute atomic E-state index is 0.0894. The van der Waals surface area contributed by atoms with E-state index in [2.05, 4.69) is 0 Å². The van der Waals surface area contributed by atoms with Crippen molar-refractivity contribution in [1.82, 2.24) is 0 Å². The van der Waals surface area contributed by atoms with Gasteiger partial charge < -0.3 is 15.9 Å². The third kappa shape index (κ3) is 5.34. The Kier molecular flexibility index (Phi) is 7.05. The van der Waals surface area contributed by atoms with E-state index in [-0.39, 0.29) is 15.7 Å². The van der Waals surface area contributed by atoms with Gasteiger partial charge in [-0.1, -0.05) is 23.2 Å². The van der Waals surface area contributed by atoms with Crippen molar-refractivity contribution in [3.05, 3.63) is 44.4 Å². The van der Waals surface area contributed by atoms with Crippen molar-refractivity contribution in [2.75, 3.05) is 5.73 Å². The Balaban J connectivity index is 0.000000283. The molecule has 0 fully saturated rings. The van der Waals surface area contributed by atoms with Gasteiger partial charge in [0.05, 0.1) is 20.7 Å². The van der Waals surface area contributed by atoms with Gasteiger partial charge in [0.1, 0.15) is 9.79 Å². The van der Waals surface area contributed by atoms with Gasteiger partial charge in [0, 0.05) is 6.07 Å². The summed E-state index contributed by atoms with van der Waals surface area (Å²) in [4.78, 5) is 8.04. The molecule has 0 saturated carbocycles. The Morgan fingerprint density at radius 2 is 1.25 bits per heavy atom. The molecular formula is C12H12Cl2N4O8S2. The fourth-order valence-electron chi connectivity index (χ4n) is 1.79. The van der Waals surface area contributed by atoms with Crippen molar-refractivity contribution in [2.24, 2.45) is 10.3 Å². The quantitative estimate of drug-likeness (QED) is 0.183. The summed E-state index contributed by atoms with van der Waals surface area (Å²) in [5, 5.41) is 37.9. The Bertz CT molecular complexity index is 1150. The molecular weight excluding hydrogens is 463 g/mol. The van der Waals surface area contributed by atoms with E-state index in [0.29, 0.717) is 0 Å². The monoisotopic (exact) mass is 474 g/mol. The zero-order valence-electron chi connectivity index (χ0n) is 13.4. The van der Waals surface area contributed by atoms with Crippen molar-refractivity contribution < 1.29 is 32.0 Å². The van der Waals surface area contributed by atoms with E-state index in [1.807, 2.05) is 0 Å². The third-order valence-corrected chi connectivity index (χ3v) is 5.76. The molecule has 0 heterocycles. The Morgan fingerprint density at radius 1 is 0.857 bits per heavy atom. The number of phenols is 2. The second kappa shape index (κ2) is 8.34. The Labute approximate surface area is 168 Å². The average molecular weight is 475 g/mol. The summed E-state index contributed by atoms with van der Waals surface area (Å²) in [5.74, 6) is -1.68. The molecule has 12 nitrogen and oxygen atoms in total. The first kappa shape index (κ1) is 23.7. The van der Waals surface area contributed by atoms with Crippen LogP contribution in [0, 0.1) is 10.1 Å². The van der Waals surface area contributed by atoms with Crippen LogP contribution in [0.25, 0.3) is 0 Å². The molecule has 28 heavy (non-hydrogen) atoms. The molecule has 0 spiro atoms. The van der Waals surface area contributed by atoms with Crippen LogP contribution in [0.3, 0.4) is 0 Å². The van der Waals surface area contributed by atoms with Crippen LogP contribution >= 0.6 is 23.2 Å². The van der Waals surface area contributed by atoms with Crippen LogP contribution in [0.15, 0.2) is 34.1 Å². The maximum absolute atomic E-state index is 11.0. The number of sulfonamides is 2. The lowest BCUT2D eigenvalue weighted by atomic mass is 10.3. The predicted molar refractivity (Wildman–Crippen MR) is 100 cm³/mol. The SMILES string of the molecule is NS(=O)(=O)c1c(Cl)ccc([N+](=O)[O-])c1O.Nc1ccc(Cl)c(S(N)(=O)=O)c1O. The molecule has 2 aromatic rings. The average Bonchev–Trinajstić information content (AvgIpc) is 2.49. The first-order chi connectivity index (χ1) is 12.6. The molecule has 2 rings (SSSR count). The molecule has 0 aromatic heterocycles. The van der Waals surface area contributed by atoms with Crippen LogP contribution in [-0.2, 0) is 20.0 Å². The topological polar surface area (TPSA) is 230 Å². The maximum atomic E-state index is 11.0. The summed E-state index contributed by atoms with van der Waals surface area (Å²) in [6.07, 6.45) is 0. The molecule has 0 unspecified atom stereocenters. The fourth-order valence-corrected chi connectivity index (χ4v) is 4.18. The highest BCUT2D eigenvalue weighted by Gasteiger charge is 2.26. The smallest absolute Gasteiger partial charge is 0.312 e. The number of rotatable bonds is 3. The van der Waals surface area contributed by atoms with Crippen molar-refractivity contribution in [3.63, 3.8) is 0 Å². The van der Waals surface area contributed by atoms with Gasteiger partial charge in [0.2, 0.25) is 25.8 Å². The normalized spacial score (nSPS) is 11.4. The molecule has 0 atom stereocenters. The van der Waals surface area contributed by atoms with Crippen LogP contribution < -0.4 is 16.0 Å². The number of hydrogen-bond acceptors (Lipinski definition) is 9. The Hall–Kier alpha value is -2.36. The largest absolute Gasteiger partial charge is 0.504 e. The predicted octanol–water partition coefficient (Wildman–Crippen LogP) is 0.876. The fraction of sp³-hybridized carbons (Fsp3) is 0. The molecule has 0 aliphatic heterocycles. The summed E-state index contributed by atoms with van der Waals surface area (Å²) in [6.45, 7) is 0. The van der Waals surface area contributed by atoms with E-state index in [9.17, 15) is 37.2 Å². The number of nitro benzene ring substituents is 1. The molecule has 0 radical (unpaired) electrons. The lowest BCUT2D eigenvalue weighted by molar-refractivity contribution is -0.386. The van der Waals surface area contributed by atoms with Crippen molar-refractivity contribution in [1.29, 1.82) is 0 Å². The standard InChI is InChI=1S/C6H5ClN2O5S.C6H7ClN2O3S/c7-3-1-2-4(9(11)12)5(10)6(3)15(8,13)14;7-3-1-2-4(8)5(10)6(3)13(9,11)12/h1-2,10H,(H2,8,13,14);1-2,10H,8H2,(H2,9,11,12). The molecule has 0 bridgehead atoms. The first-order valence-electron chi connectivity index (χ1n) is 6.57. The summed E-state index contributed by atoms with van der Waals surface area (Å²) >= 11 is 11.0. The number of anilines is 1. The van der Waals surface area contributed by atoms with Gasteiger partial charge in [-0.15, -0.1) is 0 Å². The highest BCUT2D eigenvalue weighted by molar-refractivity contribution is 7.89. The van der Waals surface area contributed by atoms with Crippen LogP contribution in [0.4, 0.5) is 11.4 Å². The minimum atomic E-state index is -4.31. The zero-order valence-corrected chi connectivity index (χ0v) is 16.5. The Morgan fingerprint density at radius 3 is 1.61 bits per heavy atom. The van der Waals surface area contributed by atoms with Crippen LogP contribution in [0.1, 0.15) is 0 Å². The summed E-state index contributed by atoms with van der Waals surface area (Å²) in [6, 6.07) is 4.38. The second-order valence-corrected chi connectivity index (χ2v) is 8.72. The summed E-state index contributed by atoms with van der Waals surface area (Å²) in [5.41, 5.74) is 4.39. The lowest BCUT2D eigenvalue weighted by Gasteiger charge is -2.06. The molecule has 16 heteroatoms. The minimum Gasteiger partial charge on any atom is -0.504 e. The molecule has 2 aromatic carbocycles.